The average molecular weight is 501 g/mol. The van der Waals surface area contributed by atoms with Gasteiger partial charge in [-0.2, -0.15) is 0 Å². The molecule has 1 unspecified atom stereocenters. The lowest BCUT2D eigenvalue weighted by molar-refractivity contribution is 0.146. The predicted octanol–water partition coefficient (Wildman–Crippen LogP) is 3.90. The Morgan fingerprint density at radius 3 is 2.58 bits per heavy atom. The van der Waals surface area contributed by atoms with Crippen LogP contribution in [0, 0.1) is 18.3 Å². The van der Waals surface area contributed by atoms with Crippen LogP contribution in [0.5, 0.6) is 0 Å². The first-order valence-electron chi connectivity index (χ1n) is 12.4. The molecule has 2 rings (SSSR count). The van der Waals surface area contributed by atoms with Crippen molar-refractivity contribution >= 4 is 23.8 Å². The second-order valence-electron chi connectivity index (χ2n) is 9.77. The number of benzene rings is 1. The van der Waals surface area contributed by atoms with E-state index in [1.54, 1.807) is 6.92 Å². The van der Waals surface area contributed by atoms with Gasteiger partial charge < -0.3 is 20.3 Å². The van der Waals surface area contributed by atoms with Gasteiger partial charge >= 0.3 is 12.1 Å². The Balaban J connectivity index is 1.63. The summed E-state index contributed by atoms with van der Waals surface area (Å²) in [6, 6.07) is 11.0. The number of ether oxygens (including phenoxy) is 1. The molecule has 0 spiro atoms. The number of nitrogens with one attached hydrogen (secondary N) is 4. The summed E-state index contributed by atoms with van der Waals surface area (Å²) in [5.74, 6) is 0.325. The molecule has 198 valence electrons. The van der Waals surface area contributed by atoms with E-state index in [-0.39, 0.29) is 22.8 Å². The second kappa shape index (κ2) is 14.1. The van der Waals surface area contributed by atoms with Crippen molar-refractivity contribution in [2.45, 2.75) is 47.5 Å². The van der Waals surface area contributed by atoms with Gasteiger partial charge in [-0.3, -0.25) is 15.1 Å². The number of rotatable bonds is 13. The van der Waals surface area contributed by atoms with Crippen molar-refractivity contribution in [3.8, 4) is 0 Å². The molecule has 0 aliphatic carbocycles. The van der Waals surface area contributed by atoms with Crippen LogP contribution in [-0.2, 0) is 4.74 Å². The summed E-state index contributed by atoms with van der Waals surface area (Å²) in [5.41, 5.74) is 1.27. The Hall–Kier alpha value is -3.56. The Morgan fingerprint density at radius 1 is 1.19 bits per heavy atom. The topological polar surface area (TPSA) is 128 Å². The van der Waals surface area contributed by atoms with Crippen LogP contribution in [0.2, 0.25) is 0 Å². The zero-order chi connectivity index (χ0) is 26.6. The number of amides is 3. The monoisotopic (exact) mass is 500 g/mol. The second-order valence-corrected chi connectivity index (χ2v) is 9.77. The smallest absolute Gasteiger partial charge is 0.407 e. The largest absolute Gasteiger partial charge is 0.448 e. The first kappa shape index (κ1) is 28.7. The van der Waals surface area contributed by atoms with Crippen molar-refractivity contribution in [3.05, 3.63) is 52.4 Å². The summed E-state index contributed by atoms with van der Waals surface area (Å²) in [6.07, 6.45) is 1.22. The quantitative estimate of drug-likeness (QED) is 0.330. The van der Waals surface area contributed by atoms with E-state index in [2.05, 4.69) is 58.5 Å². The number of anilines is 2. The van der Waals surface area contributed by atoms with E-state index in [1.807, 2.05) is 30.3 Å². The van der Waals surface area contributed by atoms with Crippen LogP contribution in [0.1, 0.15) is 46.2 Å². The van der Waals surface area contributed by atoms with Crippen LogP contribution in [0.15, 0.2) is 41.2 Å². The van der Waals surface area contributed by atoms with Crippen molar-refractivity contribution in [3.63, 3.8) is 0 Å². The Bertz CT molecular complexity index is 1020. The summed E-state index contributed by atoms with van der Waals surface area (Å²) in [7, 11) is 0. The van der Waals surface area contributed by atoms with Crippen molar-refractivity contribution in [1.29, 1.82) is 0 Å². The van der Waals surface area contributed by atoms with Crippen LogP contribution in [0.3, 0.4) is 0 Å². The van der Waals surface area contributed by atoms with E-state index in [0.29, 0.717) is 31.9 Å². The van der Waals surface area contributed by atoms with Gasteiger partial charge in [-0.1, -0.05) is 39.0 Å². The Kier molecular flexibility index (Phi) is 11.2. The number of aromatic nitrogens is 2. The maximum Gasteiger partial charge on any atom is 0.407 e. The molecule has 1 atom stereocenters. The molecule has 10 heteroatoms. The summed E-state index contributed by atoms with van der Waals surface area (Å²) >= 11 is 0. The highest BCUT2D eigenvalue weighted by molar-refractivity contribution is 5.87. The first-order chi connectivity index (χ1) is 17.1. The standard InChI is InChI=1S/C26H40N6O4/c1-6-32(21-10-8-7-9-11-21)14-15-36-25(35)27-13-12-26(4,5)17-19(2)18-28-24(34)31-23-29-20(3)16-22(33)30-23/h7-11,16,19H,6,12-15,17-18H2,1-5H3,(H,27,35)(H3,28,29,30,31,33,34). The lowest BCUT2D eigenvalue weighted by atomic mass is 9.80. The molecule has 1 aromatic heterocycles. The van der Waals surface area contributed by atoms with Crippen LogP contribution >= 0.6 is 0 Å². The van der Waals surface area contributed by atoms with Gasteiger partial charge in [-0.25, -0.2) is 14.6 Å². The van der Waals surface area contributed by atoms with Gasteiger partial charge in [-0.15, -0.1) is 0 Å². The zero-order valence-electron chi connectivity index (χ0n) is 22.0. The fourth-order valence-corrected chi connectivity index (χ4v) is 4.09. The molecule has 3 amide bonds. The number of aromatic amines is 1. The van der Waals surface area contributed by atoms with E-state index in [1.165, 1.54) is 6.07 Å². The number of hydrogen-bond acceptors (Lipinski definition) is 6. The fraction of sp³-hybridized carbons (Fsp3) is 0.538. The van der Waals surface area contributed by atoms with E-state index < -0.39 is 12.1 Å². The average Bonchev–Trinajstić information content (AvgIpc) is 2.80. The van der Waals surface area contributed by atoms with Gasteiger partial charge in [0.1, 0.15) is 6.61 Å². The number of hydrogen-bond donors (Lipinski definition) is 4. The number of nitrogens with zero attached hydrogens (tertiary/aromatic N) is 2. The molecule has 0 bridgehead atoms. The zero-order valence-corrected chi connectivity index (χ0v) is 22.0. The van der Waals surface area contributed by atoms with Gasteiger partial charge in [0.15, 0.2) is 0 Å². The number of urea groups is 1. The maximum absolute atomic E-state index is 12.1. The number of H-pyrrole nitrogens is 1. The van der Waals surface area contributed by atoms with Gasteiger partial charge in [-0.05, 0) is 50.2 Å². The lowest BCUT2D eigenvalue weighted by Crippen LogP contribution is -2.35. The van der Waals surface area contributed by atoms with E-state index in [4.69, 9.17) is 4.74 Å². The highest BCUT2D eigenvalue weighted by Crippen LogP contribution is 2.28. The first-order valence-corrected chi connectivity index (χ1v) is 12.4. The normalized spacial score (nSPS) is 11.9. The van der Waals surface area contributed by atoms with Gasteiger partial charge in [0.05, 0.1) is 6.54 Å². The third-order valence-electron chi connectivity index (χ3n) is 5.78. The molecule has 2 aromatic rings. The molecular formula is C26H40N6O4. The van der Waals surface area contributed by atoms with Crippen LogP contribution in [-0.4, -0.2) is 54.9 Å². The molecule has 0 aliphatic rings. The number of carbonyl (C=O) groups excluding carboxylic acids is 2. The number of likely N-dealkylation sites (N-methyl/N-ethyl adjacent to an activating group) is 1. The van der Waals surface area contributed by atoms with Crippen LogP contribution < -0.4 is 26.4 Å². The molecule has 0 fully saturated rings. The Labute approximate surface area is 213 Å². The minimum atomic E-state index is -0.424. The van der Waals surface area contributed by atoms with Crippen molar-refractivity contribution in [2.75, 3.05) is 43.0 Å². The molecule has 0 saturated heterocycles. The lowest BCUT2D eigenvalue weighted by Gasteiger charge is -2.28. The van der Waals surface area contributed by atoms with E-state index in [9.17, 15) is 14.4 Å². The van der Waals surface area contributed by atoms with Crippen molar-refractivity contribution in [1.82, 2.24) is 20.6 Å². The molecule has 10 nitrogen and oxygen atoms in total. The van der Waals surface area contributed by atoms with Gasteiger partial charge in [0.25, 0.3) is 5.56 Å². The third-order valence-corrected chi connectivity index (χ3v) is 5.78. The summed E-state index contributed by atoms with van der Waals surface area (Å²) in [5, 5.41) is 8.19. The third kappa shape index (κ3) is 10.8. The number of carbonyl (C=O) groups is 2. The molecule has 1 aromatic carbocycles. The van der Waals surface area contributed by atoms with Crippen LogP contribution in [0.4, 0.5) is 21.2 Å². The summed E-state index contributed by atoms with van der Waals surface area (Å²) in [4.78, 5) is 44.4. The molecule has 36 heavy (non-hydrogen) atoms. The van der Waals surface area contributed by atoms with Gasteiger partial charge in [0.2, 0.25) is 5.95 Å². The van der Waals surface area contributed by atoms with Crippen molar-refractivity contribution in [2.24, 2.45) is 11.3 Å². The molecular weight excluding hydrogens is 460 g/mol. The van der Waals surface area contributed by atoms with E-state index in [0.717, 1.165) is 25.1 Å². The summed E-state index contributed by atoms with van der Waals surface area (Å²) < 4.78 is 5.35. The SMILES string of the molecule is CCN(CCOC(=O)NCCC(C)(C)CC(C)CNC(=O)Nc1nc(C)cc(=O)[nH]1)c1ccccc1. The molecule has 0 radical (unpaired) electrons. The Morgan fingerprint density at radius 2 is 1.92 bits per heavy atom. The molecule has 4 N–H and O–H groups in total. The number of alkyl carbamates (subject to hydrolysis) is 1. The number of para-hydroxylation sites is 1. The molecule has 0 saturated carbocycles. The highest BCUT2D eigenvalue weighted by Gasteiger charge is 2.22. The maximum atomic E-state index is 12.1. The number of aryl methyl sites for hydroxylation is 1. The minimum Gasteiger partial charge on any atom is -0.448 e. The predicted molar refractivity (Wildman–Crippen MR) is 142 cm³/mol. The van der Waals surface area contributed by atoms with Gasteiger partial charge in [0, 0.05) is 37.1 Å². The fourth-order valence-electron chi connectivity index (χ4n) is 4.09. The van der Waals surface area contributed by atoms with Crippen molar-refractivity contribution < 1.29 is 14.3 Å². The molecule has 0 aliphatic heterocycles. The minimum absolute atomic E-state index is 0.0412. The highest BCUT2D eigenvalue weighted by atomic mass is 16.5. The summed E-state index contributed by atoms with van der Waals surface area (Å²) in [6.45, 7) is 12.8. The van der Waals surface area contributed by atoms with Crippen LogP contribution in [0.25, 0.3) is 0 Å². The molecule has 1 heterocycles. The van der Waals surface area contributed by atoms with E-state index >= 15 is 0 Å².